The van der Waals surface area contributed by atoms with Gasteiger partial charge >= 0.3 is 0 Å². The number of carbonyl (C=O) groups is 1. The van der Waals surface area contributed by atoms with Crippen LogP contribution in [0.1, 0.15) is 22.5 Å². The van der Waals surface area contributed by atoms with E-state index < -0.39 is 0 Å². The molecular formula is C21H21ClN4O. The number of rotatable bonds is 2. The predicted octanol–water partition coefficient (Wildman–Crippen LogP) is 3.94. The summed E-state index contributed by atoms with van der Waals surface area (Å²) in [4.78, 5) is 26.1. The molecule has 0 spiro atoms. The second-order valence-corrected chi connectivity index (χ2v) is 7.19. The smallest absolute Gasteiger partial charge is 0.256 e. The molecular weight excluding hydrogens is 360 g/mol. The first-order chi connectivity index (χ1) is 13.1. The monoisotopic (exact) mass is 380 g/mol. The largest absolute Gasteiger partial charge is 0.370 e. The molecule has 1 aromatic carbocycles. The number of anilines is 1. The Morgan fingerprint density at radius 1 is 1.04 bits per heavy atom. The van der Waals surface area contributed by atoms with Crippen LogP contribution in [0.5, 0.6) is 0 Å². The van der Waals surface area contributed by atoms with E-state index in [-0.39, 0.29) is 5.91 Å². The van der Waals surface area contributed by atoms with Crippen molar-refractivity contribution >= 4 is 34.1 Å². The van der Waals surface area contributed by atoms with Gasteiger partial charge in [-0.1, -0.05) is 17.7 Å². The van der Waals surface area contributed by atoms with Gasteiger partial charge in [0.2, 0.25) is 0 Å². The molecule has 0 unspecified atom stereocenters. The van der Waals surface area contributed by atoms with Crippen molar-refractivity contribution in [3.63, 3.8) is 0 Å². The second kappa shape index (κ2) is 7.53. The van der Waals surface area contributed by atoms with E-state index in [1.54, 1.807) is 12.3 Å². The van der Waals surface area contributed by atoms with Crippen molar-refractivity contribution in [3.05, 3.63) is 65.1 Å². The minimum atomic E-state index is -0.0219. The molecule has 0 aliphatic carbocycles. The maximum absolute atomic E-state index is 13.3. The van der Waals surface area contributed by atoms with E-state index in [1.807, 2.05) is 42.3 Å². The Morgan fingerprint density at radius 3 is 2.78 bits per heavy atom. The van der Waals surface area contributed by atoms with Crippen molar-refractivity contribution in [2.45, 2.75) is 13.3 Å². The number of pyridine rings is 2. The normalized spacial score (nSPS) is 15.0. The Bertz CT molecular complexity index is 991. The average Bonchev–Trinajstić information content (AvgIpc) is 2.94. The summed E-state index contributed by atoms with van der Waals surface area (Å²) in [5.74, 6) is -0.0219. The van der Waals surface area contributed by atoms with Gasteiger partial charge in [-0.3, -0.25) is 14.8 Å². The summed E-state index contributed by atoms with van der Waals surface area (Å²) in [6.07, 6.45) is 4.47. The van der Waals surface area contributed by atoms with Crippen LogP contribution in [-0.2, 0) is 0 Å². The number of aromatic nitrogens is 2. The zero-order chi connectivity index (χ0) is 18.8. The lowest BCUT2D eigenvalue weighted by atomic mass is 10.1. The Kier molecular flexibility index (Phi) is 4.94. The number of hydrogen-bond acceptors (Lipinski definition) is 4. The topological polar surface area (TPSA) is 49.3 Å². The maximum Gasteiger partial charge on any atom is 0.256 e. The number of amides is 1. The lowest BCUT2D eigenvalue weighted by Gasteiger charge is -2.24. The van der Waals surface area contributed by atoms with Crippen molar-refractivity contribution in [1.29, 1.82) is 0 Å². The molecule has 1 amide bonds. The van der Waals surface area contributed by atoms with E-state index in [2.05, 4.69) is 20.9 Å². The molecule has 1 aliphatic rings. The first kappa shape index (κ1) is 17.7. The molecule has 0 N–H and O–H groups in total. The quantitative estimate of drug-likeness (QED) is 0.675. The highest BCUT2D eigenvalue weighted by Crippen LogP contribution is 2.27. The van der Waals surface area contributed by atoms with Crippen LogP contribution in [-0.4, -0.2) is 47.0 Å². The molecule has 2 aromatic heterocycles. The molecule has 0 bridgehead atoms. The third-order valence-corrected chi connectivity index (χ3v) is 5.29. The molecule has 4 rings (SSSR count). The fourth-order valence-electron chi connectivity index (χ4n) is 3.61. The van der Waals surface area contributed by atoms with Crippen LogP contribution >= 0.6 is 11.6 Å². The maximum atomic E-state index is 13.3. The number of halogens is 1. The van der Waals surface area contributed by atoms with Crippen LogP contribution < -0.4 is 4.90 Å². The van der Waals surface area contributed by atoms with Gasteiger partial charge in [0.15, 0.2) is 0 Å². The molecule has 0 radical (unpaired) electrons. The van der Waals surface area contributed by atoms with Gasteiger partial charge in [0.25, 0.3) is 5.91 Å². The molecule has 5 nitrogen and oxygen atoms in total. The summed E-state index contributed by atoms with van der Waals surface area (Å²) in [7, 11) is 0. The second-order valence-electron chi connectivity index (χ2n) is 6.78. The summed E-state index contributed by atoms with van der Waals surface area (Å²) >= 11 is 6.41. The van der Waals surface area contributed by atoms with Crippen molar-refractivity contribution in [1.82, 2.24) is 14.9 Å². The predicted molar refractivity (Wildman–Crippen MR) is 108 cm³/mol. The summed E-state index contributed by atoms with van der Waals surface area (Å²) in [6, 6.07) is 11.5. The lowest BCUT2D eigenvalue weighted by Crippen LogP contribution is -2.35. The van der Waals surface area contributed by atoms with E-state index in [0.29, 0.717) is 23.7 Å². The summed E-state index contributed by atoms with van der Waals surface area (Å²) in [5.41, 5.74) is 3.49. The number of benzene rings is 1. The van der Waals surface area contributed by atoms with Gasteiger partial charge in [0.05, 0.1) is 16.1 Å². The van der Waals surface area contributed by atoms with Gasteiger partial charge in [0, 0.05) is 55.3 Å². The van der Waals surface area contributed by atoms with E-state index in [1.165, 1.54) is 0 Å². The SMILES string of the molecule is Cc1cc(N2CCCN(C(=O)c3c(Cl)ccc4ncccc34)CC2)ccn1. The van der Waals surface area contributed by atoms with Crippen LogP contribution in [0.3, 0.4) is 0 Å². The molecule has 1 fully saturated rings. The van der Waals surface area contributed by atoms with Gasteiger partial charge < -0.3 is 9.80 Å². The Balaban J connectivity index is 1.58. The molecule has 1 saturated heterocycles. The fraction of sp³-hybridized carbons (Fsp3) is 0.286. The lowest BCUT2D eigenvalue weighted by molar-refractivity contribution is 0.0769. The summed E-state index contributed by atoms with van der Waals surface area (Å²) in [6.45, 7) is 5.07. The number of hydrogen-bond donors (Lipinski definition) is 0. The van der Waals surface area contributed by atoms with E-state index >= 15 is 0 Å². The first-order valence-corrected chi connectivity index (χ1v) is 9.51. The van der Waals surface area contributed by atoms with Gasteiger partial charge in [-0.25, -0.2) is 0 Å². The zero-order valence-corrected chi connectivity index (χ0v) is 16.0. The highest BCUT2D eigenvalue weighted by atomic mass is 35.5. The van der Waals surface area contributed by atoms with Crippen molar-refractivity contribution in [2.24, 2.45) is 0 Å². The number of nitrogens with zero attached hydrogens (tertiary/aromatic N) is 4. The van der Waals surface area contributed by atoms with Crippen LogP contribution in [0, 0.1) is 6.92 Å². The number of carbonyl (C=O) groups excluding carboxylic acids is 1. The van der Waals surface area contributed by atoms with Crippen molar-refractivity contribution < 1.29 is 4.79 Å². The molecule has 0 saturated carbocycles. The van der Waals surface area contributed by atoms with Crippen molar-refractivity contribution in [3.8, 4) is 0 Å². The van der Waals surface area contributed by atoms with Crippen LogP contribution in [0.2, 0.25) is 5.02 Å². The van der Waals surface area contributed by atoms with Gasteiger partial charge in [-0.15, -0.1) is 0 Å². The highest BCUT2D eigenvalue weighted by molar-refractivity contribution is 6.35. The van der Waals surface area contributed by atoms with Gasteiger partial charge in [-0.2, -0.15) is 0 Å². The molecule has 6 heteroatoms. The first-order valence-electron chi connectivity index (χ1n) is 9.13. The van der Waals surface area contributed by atoms with Crippen LogP contribution in [0.25, 0.3) is 10.9 Å². The standard InChI is InChI=1S/C21H21ClN4O/c1-15-14-16(7-9-23-15)25-10-3-11-26(13-12-25)21(27)20-17-4-2-8-24-19(17)6-5-18(20)22/h2,4-9,14H,3,10-13H2,1H3. The third kappa shape index (κ3) is 3.60. The van der Waals surface area contributed by atoms with Crippen LogP contribution in [0.4, 0.5) is 5.69 Å². The zero-order valence-electron chi connectivity index (χ0n) is 15.2. The van der Waals surface area contributed by atoms with Gasteiger partial charge in [0.1, 0.15) is 0 Å². The summed E-state index contributed by atoms with van der Waals surface area (Å²) in [5, 5.41) is 1.28. The minimum Gasteiger partial charge on any atom is -0.370 e. The molecule has 3 heterocycles. The fourth-order valence-corrected chi connectivity index (χ4v) is 3.85. The van der Waals surface area contributed by atoms with E-state index in [9.17, 15) is 4.79 Å². The number of fused-ring (bicyclic) bond motifs is 1. The molecule has 0 atom stereocenters. The average molecular weight is 381 g/mol. The summed E-state index contributed by atoms with van der Waals surface area (Å²) < 4.78 is 0. The van der Waals surface area contributed by atoms with Crippen LogP contribution in [0.15, 0.2) is 48.8 Å². The Labute approximate surface area is 163 Å². The minimum absolute atomic E-state index is 0.0219. The molecule has 27 heavy (non-hydrogen) atoms. The Hall–Kier alpha value is -2.66. The molecule has 138 valence electrons. The van der Waals surface area contributed by atoms with Crippen molar-refractivity contribution in [2.75, 3.05) is 31.1 Å². The highest BCUT2D eigenvalue weighted by Gasteiger charge is 2.24. The van der Waals surface area contributed by atoms with E-state index in [0.717, 1.165) is 41.8 Å². The molecule has 3 aromatic rings. The Morgan fingerprint density at radius 2 is 1.93 bits per heavy atom. The van der Waals surface area contributed by atoms with Gasteiger partial charge in [-0.05, 0) is 43.7 Å². The third-order valence-electron chi connectivity index (χ3n) is 4.98. The van der Waals surface area contributed by atoms with E-state index in [4.69, 9.17) is 11.6 Å². The number of aryl methyl sites for hydroxylation is 1. The molecule has 1 aliphatic heterocycles.